The van der Waals surface area contributed by atoms with Crippen molar-refractivity contribution in [3.8, 4) is 0 Å². The van der Waals surface area contributed by atoms with Crippen molar-refractivity contribution >= 4 is 38.9 Å². The fourth-order valence-corrected chi connectivity index (χ4v) is 5.27. The van der Waals surface area contributed by atoms with Gasteiger partial charge in [0.15, 0.2) is 5.78 Å². The molecule has 0 atom stereocenters. The molecule has 0 N–H and O–H groups in total. The van der Waals surface area contributed by atoms with Crippen molar-refractivity contribution < 1.29 is 22.9 Å². The zero-order chi connectivity index (χ0) is 25.7. The maximum Gasteiger partial charge on any atom is 0.293 e. The third-order valence-electron chi connectivity index (χ3n) is 5.87. The normalized spacial score (nSPS) is 14.6. The van der Waals surface area contributed by atoms with E-state index in [-0.39, 0.29) is 29.5 Å². The van der Waals surface area contributed by atoms with Crippen LogP contribution in [0.4, 0.5) is 17.1 Å². The quantitative estimate of drug-likeness (QED) is 0.194. The Kier molecular flexibility index (Phi) is 7.58. The molecule has 1 fully saturated rings. The van der Waals surface area contributed by atoms with Gasteiger partial charge in [-0.25, -0.2) is 8.42 Å². The fourth-order valence-electron chi connectivity index (χ4n) is 3.86. The molecule has 1 aliphatic rings. The lowest BCUT2D eigenvalue weighted by Crippen LogP contribution is -2.40. The first-order chi connectivity index (χ1) is 17.3. The number of morpholine rings is 1. The number of ketones is 1. The van der Waals surface area contributed by atoms with Crippen molar-refractivity contribution in [1.82, 2.24) is 4.31 Å². The molecule has 0 amide bonds. The number of nitro benzene ring substituents is 1. The maximum atomic E-state index is 12.7. The minimum Gasteiger partial charge on any atom is -0.379 e. The van der Waals surface area contributed by atoms with Crippen LogP contribution in [0.2, 0.25) is 0 Å². The van der Waals surface area contributed by atoms with Gasteiger partial charge in [0.05, 0.1) is 23.0 Å². The van der Waals surface area contributed by atoms with Gasteiger partial charge < -0.3 is 9.64 Å². The monoisotopic (exact) mass is 507 g/mol. The predicted molar refractivity (Wildman–Crippen MR) is 137 cm³/mol. The molecule has 3 aromatic rings. The van der Waals surface area contributed by atoms with Crippen LogP contribution >= 0.6 is 0 Å². The zero-order valence-electron chi connectivity index (χ0n) is 19.6. The van der Waals surface area contributed by atoms with Crippen LogP contribution in [-0.4, -0.2) is 56.8 Å². The van der Waals surface area contributed by atoms with Crippen LogP contribution in [-0.2, 0) is 14.8 Å². The Morgan fingerprint density at radius 1 is 1.03 bits per heavy atom. The summed E-state index contributed by atoms with van der Waals surface area (Å²) < 4.78 is 32.1. The third-order valence-corrected chi connectivity index (χ3v) is 7.79. The summed E-state index contributed by atoms with van der Waals surface area (Å²) in [4.78, 5) is 25.8. The molecule has 0 aliphatic carbocycles. The molecule has 1 aliphatic heterocycles. The predicted octanol–water partition coefficient (Wildman–Crippen LogP) is 4.28. The highest BCUT2D eigenvalue weighted by atomic mass is 32.2. The minimum atomic E-state index is -3.65. The lowest BCUT2D eigenvalue weighted by Gasteiger charge is -2.26. The van der Waals surface area contributed by atoms with Gasteiger partial charge in [0.25, 0.3) is 5.69 Å². The summed E-state index contributed by atoms with van der Waals surface area (Å²) in [5.74, 6) is -0.349. The van der Waals surface area contributed by atoms with E-state index in [0.717, 1.165) is 5.69 Å². The van der Waals surface area contributed by atoms with Gasteiger partial charge >= 0.3 is 0 Å². The van der Waals surface area contributed by atoms with Gasteiger partial charge in [-0.05, 0) is 54.1 Å². The molecule has 3 aromatic carbocycles. The molecule has 0 bridgehead atoms. The third kappa shape index (κ3) is 5.51. The second kappa shape index (κ2) is 10.8. The van der Waals surface area contributed by atoms with E-state index in [1.54, 1.807) is 24.1 Å². The molecule has 0 radical (unpaired) electrons. The summed E-state index contributed by atoms with van der Waals surface area (Å²) in [5.41, 5.74) is 1.94. The molecular formula is C26H25N3O6S. The Bertz CT molecular complexity index is 1380. The number of sulfonamides is 1. The molecule has 4 rings (SSSR count). The van der Waals surface area contributed by atoms with E-state index in [1.165, 1.54) is 46.8 Å². The molecular weight excluding hydrogens is 482 g/mol. The number of hydrogen-bond donors (Lipinski definition) is 0. The molecule has 36 heavy (non-hydrogen) atoms. The number of rotatable bonds is 8. The molecule has 0 unspecified atom stereocenters. The summed E-state index contributed by atoms with van der Waals surface area (Å²) >= 11 is 0. The Morgan fingerprint density at radius 3 is 2.33 bits per heavy atom. The number of anilines is 2. The van der Waals surface area contributed by atoms with Gasteiger partial charge in [0, 0.05) is 37.5 Å². The van der Waals surface area contributed by atoms with Gasteiger partial charge in [0.1, 0.15) is 5.69 Å². The van der Waals surface area contributed by atoms with Crippen LogP contribution in [0.3, 0.4) is 0 Å². The first-order valence-electron chi connectivity index (χ1n) is 11.2. The molecule has 0 saturated carbocycles. The fraction of sp³-hybridized carbons (Fsp3) is 0.192. The van der Waals surface area contributed by atoms with E-state index in [9.17, 15) is 23.3 Å². The highest BCUT2D eigenvalue weighted by Gasteiger charge is 2.26. The molecule has 10 heteroatoms. The highest BCUT2D eigenvalue weighted by molar-refractivity contribution is 7.89. The van der Waals surface area contributed by atoms with E-state index >= 15 is 0 Å². The van der Waals surface area contributed by atoms with Gasteiger partial charge in [-0.3, -0.25) is 14.9 Å². The number of ether oxygens (including phenoxy) is 1. The number of para-hydroxylation sites is 1. The number of nitrogens with zero attached hydrogens (tertiary/aromatic N) is 3. The van der Waals surface area contributed by atoms with E-state index in [4.69, 9.17) is 4.74 Å². The van der Waals surface area contributed by atoms with Gasteiger partial charge in [-0.2, -0.15) is 4.31 Å². The molecule has 0 aromatic heterocycles. The smallest absolute Gasteiger partial charge is 0.293 e. The molecule has 9 nitrogen and oxygen atoms in total. The lowest BCUT2D eigenvalue weighted by atomic mass is 10.1. The summed E-state index contributed by atoms with van der Waals surface area (Å²) in [5, 5.41) is 11.7. The topological polar surface area (TPSA) is 110 Å². The Balaban J connectivity index is 1.50. The average molecular weight is 508 g/mol. The van der Waals surface area contributed by atoms with E-state index in [0.29, 0.717) is 30.0 Å². The molecule has 1 heterocycles. The van der Waals surface area contributed by atoms with Crippen LogP contribution < -0.4 is 4.90 Å². The number of nitro groups is 1. The van der Waals surface area contributed by atoms with Crippen molar-refractivity contribution in [3.63, 3.8) is 0 Å². The Labute approximate surface area is 209 Å². The minimum absolute atomic E-state index is 0.0892. The zero-order valence-corrected chi connectivity index (χ0v) is 20.4. The number of hydrogen-bond acceptors (Lipinski definition) is 7. The lowest BCUT2D eigenvalue weighted by molar-refractivity contribution is -0.384. The Morgan fingerprint density at radius 2 is 1.69 bits per heavy atom. The van der Waals surface area contributed by atoms with E-state index in [1.807, 2.05) is 30.3 Å². The van der Waals surface area contributed by atoms with Crippen molar-refractivity contribution in [1.29, 1.82) is 0 Å². The first kappa shape index (κ1) is 25.2. The number of carbonyl (C=O) groups excluding carboxylic acids is 1. The van der Waals surface area contributed by atoms with Crippen molar-refractivity contribution in [2.45, 2.75) is 4.90 Å². The maximum absolute atomic E-state index is 12.7. The van der Waals surface area contributed by atoms with Crippen molar-refractivity contribution in [2.24, 2.45) is 0 Å². The summed E-state index contributed by atoms with van der Waals surface area (Å²) in [6.07, 6.45) is 2.81. The van der Waals surface area contributed by atoms with Crippen LogP contribution in [0.1, 0.15) is 15.9 Å². The van der Waals surface area contributed by atoms with Crippen LogP contribution in [0.25, 0.3) is 6.08 Å². The standard InChI is InChI=1S/C26H25N3O6S/c1-27(22-5-3-2-4-6-22)24-13-7-20(19-25(24)29(31)32)8-14-26(30)21-9-11-23(12-10-21)36(33,34)28-15-17-35-18-16-28/h2-14,19H,15-18H2,1H3. The number of benzene rings is 3. The van der Waals surface area contributed by atoms with E-state index in [2.05, 4.69) is 0 Å². The van der Waals surface area contributed by atoms with Gasteiger partial charge in [-0.15, -0.1) is 0 Å². The summed E-state index contributed by atoms with van der Waals surface area (Å²) in [6.45, 7) is 1.28. The van der Waals surface area contributed by atoms with Gasteiger partial charge in [0.2, 0.25) is 10.0 Å². The number of carbonyl (C=O) groups is 1. The largest absolute Gasteiger partial charge is 0.379 e. The van der Waals surface area contributed by atoms with Crippen molar-refractivity contribution in [3.05, 3.63) is 100 Å². The second-order valence-electron chi connectivity index (χ2n) is 8.14. The van der Waals surface area contributed by atoms with Crippen LogP contribution in [0.15, 0.2) is 83.8 Å². The number of allylic oxidation sites excluding steroid dienone is 1. The molecule has 0 spiro atoms. The highest BCUT2D eigenvalue weighted by Crippen LogP contribution is 2.33. The first-order valence-corrected chi connectivity index (χ1v) is 12.7. The molecule has 186 valence electrons. The van der Waals surface area contributed by atoms with Crippen LogP contribution in [0, 0.1) is 10.1 Å². The van der Waals surface area contributed by atoms with Crippen LogP contribution in [0.5, 0.6) is 0 Å². The van der Waals surface area contributed by atoms with Crippen molar-refractivity contribution in [2.75, 3.05) is 38.3 Å². The molecule has 1 saturated heterocycles. The summed E-state index contributed by atoms with van der Waals surface area (Å²) in [7, 11) is -1.90. The summed E-state index contributed by atoms with van der Waals surface area (Å²) in [6, 6.07) is 19.8. The SMILES string of the molecule is CN(c1ccccc1)c1ccc(C=CC(=O)c2ccc(S(=O)(=O)N3CCOCC3)cc2)cc1[N+](=O)[O-]. The second-order valence-corrected chi connectivity index (χ2v) is 10.1. The van der Waals surface area contributed by atoms with Gasteiger partial charge in [-0.1, -0.05) is 30.3 Å². The Hall–Kier alpha value is -3.86. The average Bonchev–Trinajstić information content (AvgIpc) is 2.92. The van der Waals surface area contributed by atoms with E-state index < -0.39 is 14.9 Å².